The molecule has 1 atom stereocenters. The zero-order valence-corrected chi connectivity index (χ0v) is 18.0. The van der Waals surface area contributed by atoms with Gasteiger partial charge in [-0.05, 0) is 62.4 Å². The Hall–Kier alpha value is -3.33. The Morgan fingerprint density at radius 3 is 2.42 bits per heavy atom. The van der Waals surface area contributed by atoms with Gasteiger partial charge in [-0.2, -0.15) is 0 Å². The average molecular weight is 442 g/mol. The van der Waals surface area contributed by atoms with Gasteiger partial charge in [-0.25, -0.2) is 9.79 Å². The van der Waals surface area contributed by atoms with E-state index < -0.39 is 11.2 Å². The topological polar surface area (TPSA) is 108 Å². The first kappa shape index (κ1) is 22.4. The van der Waals surface area contributed by atoms with Crippen LogP contribution in [0.3, 0.4) is 0 Å². The van der Waals surface area contributed by atoms with E-state index in [4.69, 9.17) is 9.84 Å². The highest BCUT2D eigenvalue weighted by Crippen LogP contribution is 2.30. The van der Waals surface area contributed by atoms with Gasteiger partial charge in [0, 0.05) is 18.7 Å². The highest BCUT2D eigenvalue weighted by atomic mass is 32.2. The number of nitrogens with one attached hydrogen (secondary N) is 1. The van der Waals surface area contributed by atoms with E-state index >= 15 is 0 Å². The second kappa shape index (κ2) is 10.1. The van der Waals surface area contributed by atoms with E-state index in [1.165, 1.54) is 36.0 Å². The molecule has 0 saturated carbocycles. The molecule has 2 amide bonds. The van der Waals surface area contributed by atoms with E-state index in [2.05, 4.69) is 10.3 Å². The van der Waals surface area contributed by atoms with Gasteiger partial charge in [0.1, 0.15) is 11.0 Å². The maximum absolute atomic E-state index is 12.8. The Morgan fingerprint density at radius 2 is 1.84 bits per heavy atom. The van der Waals surface area contributed by atoms with Crippen molar-refractivity contribution in [2.75, 3.05) is 18.5 Å². The number of carbonyl (C=O) groups excluding carboxylic acids is 2. The third-order valence-electron chi connectivity index (χ3n) is 4.52. The number of hydrogen-bond donors (Lipinski definition) is 2. The maximum Gasteiger partial charge on any atom is 0.335 e. The number of nitrogens with zero attached hydrogens (tertiary/aromatic N) is 2. The Labute approximate surface area is 184 Å². The molecule has 3 rings (SSSR count). The summed E-state index contributed by atoms with van der Waals surface area (Å²) in [6.45, 7) is 4.78. The second-order valence-electron chi connectivity index (χ2n) is 6.64. The first-order valence-corrected chi connectivity index (χ1v) is 10.7. The van der Waals surface area contributed by atoms with Crippen molar-refractivity contribution in [1.29, 1.82) is 0 Å². The molecule has 2 N–H and O–H groups in total. The lowest BCUT2D eigenvalue weighted by Crippen LogP contribution is -2.45. The number of ether oxygens (including phenoxy) is 1. The number of aromatic carboxylic acids is 1. The van der Waals surface area contributed by atoms with Gasteiger partial charge in [-0.15, -0.1) is 0 Å². The zero-order valence-electron chi connectivity index (χ0n) is 17.2. The number of carboxylic acid groups (broad SMARTS) is 1. The fraction of sp³-hybridized carbons (Fsp3) is 0.273. The van der Waals surface area contributed by atoms with Gasteiger partial charge in [0.15, 0.2) is 5.17 Å². The van der Waals surface area contributed by atoms with Crippen LogP contribution in [0.5, 0.6) is 5.75 Å². The van der Waals surface area contributed by atoms with Crippen LogP contribution in [0.1, 0.15) is 30.6 Å². The number of rotatable bonds is 7. The minimum Gasteiger partial charge on any atom is -0.494 e. The van der Waals surface area contributed by atoms with Crippen molar-refractivity contribution < 1.29 is 24.2 Å². The van der Waals surface area contributed by atoms with E-state index in [1.54, 1.807) is 29.2 Å². The van der Waals surface area contributed by atoms with Gasteiger partial charge in [0.25, 0.3) is 0 Å². The highest BCUT2D eigenvalue weighted by Gasteiger charge is 2.35. The highest BCUT2D eigenvalue weighted by molar-refractivity contribution is 8.15. The summed E-state index contributed by atoms with van der Waals surface area (Å²) in [5.74, 6) is -0.817. The van der Waals surface area contributed by atoms with Crippen molar-refractivity contribution in [3.05, 3.63) is 54.1 Å². The SMILES string of the molecule is CCOc1ccc(N=C2S[C@H](C(=O)Nc3ccc(C(=O)O)cc3)CC(=O)N2CC)cc1. The number of carboxylic acids is 1. The molecular formula is C22H23N3O5S. The van der Waals surface area contributed by atoms with Crippen LogP contribution >= 0.6 is 11.8 Å². The molecule has 1 aliphatic heterocycles. The third kappa shape index (κ3) is 5.64. The number of anilines is 1. The van der Waals surface area contributed by atoms with Gasteiger partial charge < -0.3 is 15.2 Å². The van der Waals surface area contributed by atoms with Crippen LogP contribution in [0.15, 0.2) is 53.5 Å². The molecule has 2 aromatic carbocycles. The minimum absolute atomic E-state index is 0.0554. The molecule has 1 heterocycles. The number of amidine groups is 1. The molecule has 1 saturated heterocycles. The Morgan fingerprint density at radius 1 is 1.16 bits per heavy atom. The van der Waals surface area contributed by atoms with E-state index in [-0.39, 0.29) is 23.8 Å². The number of carbonyl (C=O) groups is 3. The maximum atomic E-state index is 12.8. The van der Waals surface area contributed by atoms with E-state index in [0.29, 0.717) is 29.7 Å². The largest absolute Gasteiger partial charge is 0.494 e. The summed E-state index contributed by atoms with van der Waals surface area (Å²) in [5.41, 5.74) is 1.25. The summed E-state index contributed by atoms with van der Waals surface area (Å²) in [7, 11) is 0. The molecule has 2 aromatic rings. The van der Waals surface area contributed by atoms with Crippen molar-refractivity contribution in [2.45, 2.75) is 25.5 Å². The molecule has 162 valence electrons. The molecule has 0 aromatic heterocycles. The summed E-state index contributed by atoms with van der Waals surface area (Å²) < 4.78 is 5.43. The van der Waals surface area contributed by atoms with E-state index in [1.807, 2.05) is 13.8 Å². The quantitative estimate of drug-likeness (QED) is 0.677. The summed E-state index contributed by atoms with van der Waals surface area (Å²) in [5, 5.41) is 11.5. The molecule has 0 spiro atoms. The summed E-state index contributed by atoms with van der Waals surface area (Å²) >= 11 is 1.23. The molecule has 1 fully saturated rings. The van der Waals surface area contributed by atoms with Crippen LogP contribution in [-0.4, -0.2) is 51.4 Å². The van der Waals surface area contributed by atoms with Crippen molar-refractivity contribution in [3.8, 4) is 5.75 Å². The molecule has 1 aliphatic rings. The first-order valence-electron chi connectivity index (χ1n) is 9.84. The van der Waals surface area contributed by atoms with Gasteiger partial charge in [-0.1, -0.05) is 11.8 Å². The molecular weight excluding hydrogens is 418 g/mol. The summed E-state index contributed by atoms with van der Waals surface area (Å²) in [4.78, 5) is 42.5. The molecule has 0 radical (unpaired) electrons. The standard InChI is InChI=1S/C22H23N3O5S/c1-3-25-19(26)13-18(20(27)23-15-7-5-14(6-8-15)21(28)29)31-22(25)24-16-9-11-17(12-10-16)30-4-2/h5-12,18H,3-4,13H2,1-2H3,(H,23,27)(H,28,29)/t18-/m0/s1. The number of hydrogen-bond acceptors (Lipinski definition) is 6. The van der Waals surface area contributed by atoms with E-state index in [0.717, 1.165) is 5.75 Å². The Balaban J connectivity index is 1.75. The van der Waals surface area contributed by atoms with Gasteiger partial charge >= 0.3 is 5.97 Å². The molecule has 0 aliphatic carbocycles. The monoisotopic (exact) mass is 441 g/mol. The molecule has 31 heavy (non-hydrogen) atoms. The van der Waals surface area contributed by atoms with Crippen LogP contribution in [0.25, 0.3) is 0 Å². The molecule has 9 heteroatoms. The Bertz CT molecular complexity index is 989. The lowest BCUT2D eigenvalue weighted by Gasteiger charge is -2.30. The van der Waals surface area contributed by atoms with Crippen LogP contribution in [-0.2, 0) is 9.59 Å². The van der Waals surface area contributed by atoms with Crippen molar-refractivity contribution in [3.63, 3.8) is 0 Å². The normalized spacial score (nSPS) is 17.5. The van der Waals surface area contributed by atoms with Gasteiger partial charge in [0.05, 0.1) is 17.9 Å². The number of benzene rings is 2. The molecule has 0 unspecified atom stereocenters. The first-order chi connectivity index (χ1) is 14.9. The van der Waals surface area contributed by atoms with Gasteiger partial charge in [-0.3, -0.25) is 14.5 Å². The Kier molecular flexibility index (Phi) is 7.30. The minimum atomic E-state index is -1.04. The smallest absolute Gasteiger partial charge is 0.335 e. The van der Waals surface area contributed by atoms with Crippen molar-refractivity contribution in [2.24, 2.45) is 4.99 Å². The second-order valence-corrected chi connectivity index (χ2v) is 7.81. The predicted molar refractivity (Wildman–Crippen MR) is 120 cm³/mol. The van der Waals surface area contributed by atoms with Crippen molar-refractivity contribution >= 4 is 46.1 Å². The lowest BCUT2D eigenvalue weighted by atomic mass is 10.2. The number of aliphatic imine (C=N–C) groups is 1. The molecule has 0 bridgehead atoms. The number of thioether (sulfide) groups is 1. The predicted octanol–water partition coefficient (Wildman–Crippen LogP) is 3.76. The fourth-order valence-electron chi connectivity index (χ4n) is 2.97. The summed E-state index contributed by atoms with van der Waals surface area (Å²) in [6, 6.07) is 13.1. The van der Waals surface area contributed by atoms with E-state index in [9.17, 15) is 14.4 Å². The summed E-state index contributed by atoms with van der Waals surface area (Å²) in [6.07, 6.45) is 0.0554. The van der Waals surface area contributed by atoms with Gasteiger partial charge in [0.2, 0.25) is 11.8 Å². The third-order valence-corrected chi connectivity index (χ3v) is 5.71. The van der Waals surface area contributed by atoms with Crippen LogP contribution < -0.4 is 10.1 Å². The van der Waals surface area contributed by atoms with Crippen LogP contribution in [0.2, 0.25) is 0 Å². The lowest BCUT2D eigenvalue weighted by molar-refractivity contribution is -0.129. The molecule has 8 nitrogen and oxygen atoms in total. The number of amides is 2. The zero-order chi connectivity index (χ0) is 22.4. The van der Waals surface area contributed by atoms with Crippen LogP contribution in [0, 0.1) is 0 Å². The van der Waals surface area contributed by atoms with Crippen LogP contribution in [0.4, 0.5) is 11.4 Å². The average Bonchev–Trinajstić information content (AvgIpc) is 2.75. The fourth-order valence-corrected chi connectivity index (χ4v) is 4.13. The van der Waals surface area contributed by atoms with Crippen molar-refractivity contribution in [1.82, 2.24) is 4.90 Å².